The molecule has 3 aromatic rings. The zero-order valence-corrected chi connectivity index (χ0v) is 17.2. The van der Waals surface area contributed by atoms with Crippen LogP contribution in [0.1, 0.15) is 40.0 Å². The topological polar surface area (TPSA) is 53.5 Å². The molecule has 0 unspecified atom stereocenters. The number of hydrogen-bond donors (Lipinski definition) is 1. The Hall–Kier alpha value is -2.89. The highest BCUT2D eigenvalue weighted by Crippen LogP contribution is 2.14. The van der Waals surface area contributed by atoms with Gasteiger partial charge in [0.25, 0.3) is 0 Å². The van der Waals surface area contributed by atoms with E-state index in [-0.39, 0.29) is 12.4 Å². The third kappa shape index (κ3) is 5.34. The second-order valence-corrected chi connectivity index (χ2v) is 7.19. The van der Waals surface area contributed by atoms with Gasteiger partial charge in [-0.15, -0.1) is 0 Å². The fraction of sp³-hybridized carbons (Fsp3) is 0.208. The molecule has 1 N–H and O–H groups in total. The van der Waals surface area contributed by atoms with Crippen molar-refractivity contribution in [1.82, 2.24) is 0 Å². The lowest BCUT2D eigenvalue weighted by atomic mass is 10.0. The number of benzene rings is 2. The summed E-state index contributed by atoms with van der Waals surface area (Å²) in [6.45, 7) is 2.38. The molecule has 0 aliphatic rings. The Kier molecular flexibility index (Phi) is 7.22. The Bertz CT molecular complexity index is 985. The molecule has 1 atom stereocenters. The number of nitrogens with zero attached hydrogens (tertiary/aromatic N) is 2. The van der Waals surface area contributed by atoms with Crippen molar-refractivity contribution in [2.24, 2.45) is 4.99 Å². The van der Waals surface area contributed by atoms with E-state index < -0.39 is 6.04 Å². The van der Waals surface area contributed by atoms with Crippen LogP contribution in [0.5, 0.6) is 0 Å². The van der Waals surface area contributed by atoms with Crippen molar-refractivity contribution in [2.75, 3.05) is 0 Å². The van der Waals surface area contributed by atoms with Crippen LogP contribution in [0.4, 0.5) is 0 Å². The number of carbonyl (C=O) groups excluding carboxylic acids is 1. The van der Waals surface area contributed by atoms with E-state index in [0.717, 1.165) is 12.0 Å². The normalized spacial score (nSPS) is 12.6. The Morgan fingerprint density at radius 3 is 2.34 bits per heavy atom. The van der Waals surface area contributed by atoms with E-state index in [0.29, 0.717) is 22.7 Å². The molecule has 3 rings (SSSR count). The lowest BCUT2D eigenvalue weighted by Crippen LogP contribution is -2.48. The van der Waals surface area contributed by atoms with Gasteiger partial charge in [0, 0.05) is 17.2 Å². The number of aliphatic hydroxyl groups is 1. The van der Waals surface area contributed by atoms with Crippen molar-refractivity contribution in [1.29, 1.82) is 0 Å². The molecule has 0 amide bonds. The number of rotatable bonds is 8. The molecule has 0 fully saturated rings. The molecule has 1 heterocycles. The number of hydrogen-bond acceptors (Lipinski definition) is 4. The molecule has 0 saturated carbocycles. The molecular weight excluding hydrogens is 380 g/mol. The average molecular weight is 405 g/mol. The van der Waals surface area contributed by atoms with Gasteiger partial charge in [-0.2, -0.15) is 4.57 Å². The van der Waals surface area contributed by atoms with Crippen LogP contribution >= 0.6 is 0 Å². The zero-order chi connectivity index (χ0) is 20.6. The third-order valence-electron chi connectivity index (χ3n) is 4.75. The molecular formula is C24H24N2O2S. The Morgan fingerprint density at radius 2 is 1.69 bits per heavy atom. The van der Waals surface area contributed by atoms with Gasteiger partial charge in [-0.3, -0.25) is 4.79 Å². The van der Waals surface area contributed by atoms with Gasteiger partial charge in [-0.1, -0.05) is 61.5 Å². The standard InChI is InChI=1S/C24H24N2O2S/c1-2-18-10-12-21(13-11-18)23(28)22(26-14-6-9-20(16-26)17-27)24(29)25-15-19-7-4-3-5-8-19/h3-14,16,22,27H,2,15,17H2,1H3/t22-/m1/s1. The van der Waals surface area contributed by atoms with Crippen molar-refractivity contribution in [3.63, 3.8) is 0 Å². The smallest absolute Gasteiger partial charge is 0.237 e. The minimum atomic E-state index is -0.743. The van der Waals surface area contributed by atoms with E-state index in [1.165, 1.54) is 5.56 Å². The maximum absolute atomic E-state index is 13.4. The van der Waals surface area contributed by atoms with Gasteiger partial charge in [-0.05, 0) is 28.7 Å². The van der Waals surface area contributed by atoms with Crippen molar-refractivity contribution < 1.29 is 14.5 Å². The van der Waals surface area contributed by atoms with Gasteiger partial charge in [0.05, 0.1) is 13.2 Å². The van der Waals surface area contributed by atoms with Gasteiger partial charge < -0.3 is 22.7 Å². The number of ketones is 1. The summed E-state index contributed by atoms with van der Waals surface area (Å²) in [6, 6.07) is 20.3. The van der Waals surface area contributed by atoms with Crippen molar-refractivity contribution in [2.45, 2.75) is 32.5 Å². The molecule has 4 nitrogen and oxygen atoms in total. The van der Waals surface area contributed by atoms with E-state index in [9.17, 15) is 9.90 Å². The largest absolute Gasteiger partial charge is 0.758 e. The zero-order valence-electron chi connectivity index (χ0n) is 16.4. The first kappa shape index (κ1) is 20.8. The summed E-state index contributed by atoms with van der Waals surface area (Å²) in [5, 5.41) is 9.81. The van der Waals surface area contributed by atoms with Crippen LogP contribution in [0, 0.1) is 0 Å². The Labute approximate surface area is 177 Å². The quantitative estimate of drug-likeness (QED) is 0.205. The predicted octanol–water partition coefficient (Wildman–Crippen LogP) is 3.60. The first-order chi connectivity index (χ1) is 14.1. The monoisotopic (exact) mass is 404 g/mol. The number of aliphatic imine (C=N–C) groups is 1. The van der Waals surface area contributed by atoms with E-state index in [2.05, 4.69) is 11.9 Å². The van der Waals surface area contributed by atoms with Crippen molar-refractivity contribution in [3.8, 4) is 0 Å². The first-order valence-electron chi connectivity index (χ1n) is 9.61. The number of aryl methyl sites for hydroxylation is 1. The summed E-state index contributed by atoms with van der Waals surface area (Å²) in [5.41, 5.74) is 3.50. The summed E-state index contributed by atoms with van der Waals surface area (Å²) in [6.07, 6.45) is 4.44. The van der Waals surface area contributed by atoms with Gasteiger partial charge in [0.1, 0.15) is 0 Å². The van der Waals surface area contributed by atoms with Crippen LogP contribution in [0.2, 0.25) is 0 Å². The molecule has 0 radical (unpaired) electrons. The molecule has 0 aliphatic heterocycles. The van der Waals surface area contributed by atoms with E-state index in [4.69, 9.17) is 12.6 Å². The molecule has 0 spiro atoms. The van der Waals surface area contributed by atoms with Crippen molar-refractivity contribution in [3.05, 3.63) is 101 Å². The number of aliphatic hydroxyl groups excluding tert-OH is 1. The minimum absolute atomic E-state index is 0.110. The molecule has 0 aliphatic carbocycles. The lowest BCUT2D eigenvalue weighted by molar-refractivity contribution is -0.692. The van der Waals surface area contributed by atoms with Crippen LogP contribution in [0.15, 0.2) is 84.1 Å². The van der Waals surface area contributed by atoms with Crippen molar-refractivity contribution >= 4 is 23.5 Å². The van der Waals surface area contributed by atoms with Gasteiger partial charge >= 0.3 is 0 Å². The first-order valence-corrected chi connectivity index (χ1v) is 10.0. The third-order valence-corrected chi connectivity index (χ3v) is 5.11. The van der Waals surface area contributed by atoms with Crippen LogP contribution < -0.4 is 4.57 Å². The van der Waals surface area contributed by atoms with E-state index in [1.807, 2.05) is 54.6 Å². The second-order valence-electron chi connectivity index (χ2n) is 6.77. The van der Waals surface area contributed by atoms with Gasteiger partial charge in [0.2, 0.25) is 11.8 Å². The summed E-state index contributed by atoms with van der Waals surface area (Å²) in [4.78, 5) is 17.9. The highest BCUT2D eigenvalue weighted by atomic mass is 32.1. The van der Waals surface area contributed by atoms with Crippen LogP contribution in [-0.2, 0) is 32.2 Å². The maximum Gasteiger partial charge on any atom is 0.237 e. The molecule has 148 valence electrons. The molecule has 2 aromatic carbocycles. The Morgan fingerprint density at radius 1 is 1.00 bits per heavy atom. The number of carbonyl (C=O) groups is 1. The summed E-state index contributed by atoms with van der Waals surface area (Å²) >= 11 is 5.59. The van der Waals surface area contributed by atoms with Gasteiger partial charge in [-0.25, -0.2) is 0 Å². The number of pyridine rings is 1. The SMILES string of the molecule is CCc1ccc(C(=O)[C@H](C([S-])=NCc2ccccc2)[n+]2cccc(CO)c2)cc1. The molecule has 0 bridgehead atoms. The van der Waals surface area contributed by atoms with Crippen LogP contribution in [0.3, 0.4) is 0 Å². The summed E-state index contributed by atoms with van der Waals surface area (Å²) in [7, 11) is 0. The fourth-order valence-corrected chi connectivity index (χ4v) is 3.37. The van der Waals surface area contributed by atoms with Gasteiger partial charge in [0.15, 0.2) is 12.4 Å². The summed E-state index contributed by atoms with van der Waals surface area (Å²) in [5.74, 6) is -0.116. The molecule has 5 heteroatoms. The van der Waals surface area contributed by atoms with E-state index >= 15 is 0 Å². The Balaban J connectivity index is 1.96. The van der Waals surface area contributed by atoms with E-state index in [1.54, 1.807) is 29.1 Å². The lowest BCUT2D eigenvalue weighted by Gasteiger charge is -2.19. The number of aromatic nitrogens is 1. The highest BCUT2D eigenvalue weighted by Gasteiger charge is 2.28. The highest BCUT2D eigenvalue weighted by molar-refractivity contribution is 7.77. The molecule has 0 saturated heterocycles. The van der Waals surface area contributed by atoms with Crippen LogP contribution in [-0.4, -0.2) is 15.9 Å². The second kappa shape index (κ2) is 10.0. The minimum Gasteiger partial charge on any atom is -0.758 e. The maximum atomic E-state index is 13.4. The summed E-state index contributed by atoms with van der Waals surface area (Å²) < 4.78 is 1.73. The fourth-order valence-electron chi connectivity index (χ4n) is 3.07. The average Bonchev–Trinajstić information content (AvgIpc) is 2.78. The number of Topliss-reactive ketones (excluding diaryl/α,β-unsaturated/α-hetero) is 1. The predicted molar refractivity (Wildman–Crippen MR) is 117 cm³/mol. The molecule has 29 heavy (non-hydrogen) atoms. The van der Waals surface area contributed by atoms with Crippen LogP contribution in [0.25, 0.3) is 0 Å². The molecule has 1 aromatic heterocycles.